The van der Waals surface area contributed by atoms with Crippen molar-refractivity contribution in [3.63, 3.8) is 0 Å². The van der Waals surface area contributed by atoms with Crippen molar-refractivity contribution in [1.82, 2.24) is 9.88 Å². The Labute approximate surface area is 137 Å². The maximum atomic E-state index is 12.1. The molecule has 0 radical (unpaired) electrons. The molecule has 1 aromatic rings. The fourth-order valence-electron chi connectivity index (χ4n) is 2.62. The first-order chi connectivity index (χ1) is 10.8. The van der Waals surface area contributed by atoms with Crippen LogP contribution in [0.25, 0.3) is 0 Å². The van der Waals surface area contributed by atoms with E-state index in [1.165, 1.54) is 0 Å². The van der Waals surface area contributed by atoms with Crippen LogP contribution >= 0.6 is 0 Å². The highest BCUT2D eigenvalue weighted by Gasteiger charge is 2.40. The number of carbonyl (C=O) groups excluding carboxylic acids is 1. The third-order valence-electron chi connectivity index (χ3n) is 3.91. The van der Waals surface area contributed by atoms with Crippen molar-refractivity contribution in [3.05, 3.63) is 23.9 Å². The van der Waals surface area contributed by atoms with Gasteiger partial charge in [0.2, 0.25) is 5.88 Å². The molecule has 1 saturated heterocycles. The largest absolute Gasteiger partial charge is 0.481 e. The minimum Gasteiger partial charge on any atom is -0.481 e. The van der Waals surface area contributed by atoms with Crippen LogP contribution in [0.15, 0.2) is 18.2 Å². The van der Waals surface area contributed by atoms with Gasteiger partial charge in [0, 0.05) is 19.2 Å². The van der Waals surface area contributed by atoms with Crippen molar-refractivity contribution < 1.29 is 14.3 Å². The zero-order chi connectivity index (χ0) is 17.1. The number of methoxy groups -OCH3 is 1. The summed E-state index contributed by atoms with van der Waals surface area (Å²) in [5, 5.41) is 9.70. The number of aromatic nitrogens is 1. The van der Waals surface area contributed by atoms with E-state index in [9.17, 15) is 10.1 Å². The van der Waals surface area contributed by atoms with Crippen LogP contribution in [0, 0.1) is 11.3 Å². The highest BCUT2D eigenvalue weighted by Crippen LogP contribution is 2.35. The van der Waals surface area contributed by atoms with E-state index in [-0.39, 0.29) is 6.09 Å². The van der Waals surface area contributed by atoms with Crippen LogP contribution in [0.1, 0.15) is 39.3 Å². The molecule has 0 spiro atoms. The summed E-state index contributed by atoms with van der Waals surface area (Å²) in [4.78, 5) is 18.2. The monoisotopic (exact) mass is 317 g/mol. The fraction of sp³-hybridized carbons (Fsp3) is 0.588. The van der Waals surface area contributed by atoms with Crippen LogP contribution in [-0.2, 0) is 10.2 Å². The van der Waals surface area contributed by atoms with Crippen LogP contribution in [0.2, 0.25) is 0 Å². The first-order valence-corrected chi connectivity index (χ1v) is 7.70. The van der Waals surface area contributed by atoms with E-state index in [4.69, 9.17) is 9.47 Å². The summed E-state index contributed by atoms with van der Waals surface area (Å²) in [6.45, 7) is 6.47. The second kappa shape index (κ2) is 6.45. The third-order valence-corrected chi connectivity index (χ3v) is 3.91. The van der Waals surface area contributed by atoms with Gasteiger partial charge in [-0.1, -0.05) is 6.07 Å². The number of hydrogen-bond acceptors (Lipinski definition) is 5. The molecule has 2 rings (SSSR count). The van der Waals surface area contributed by atoms with Gasteiger partial charge in [0.05, 0.1) is 18.9 Å². The van der Waals surface area contributed by atoms with Gasteiger partial charge >= 0.3 is 6.09 Å². The highest BCUT2D eigenvalue weighted by atomic mass is 16.6. The quantitative estimate of drug-likeness (QED) is 0.838. The zero-order valence-electron chi connectivity index (χ0n) is 14.1. The Bertz CT molecular complexity index is 608. The molecule has 0 bridgehead atoms. The van der Waals surface area contributed by atoms with Gasteiger partial charge in [-0.25, -0.2) is 9.78 Å². The van der Waals surface area contributed by atoms with E-state index in [1.807, 2.05) is 32.9 Å². The summed E-state index contributed by atoms with van der Waals surface area (Å²) >= 11 is 0. The summed E-state index contributed by atoms with van der Waals surface area (Å²) in [6, 6.07) is 7.83. The minimum absolute atomic E-state index is 0.331. The SMILES string of the molecule is COc1cccc(C2(C#N)CCN(C(=O)OC(C)(C)C)CC2)n1. The van der Waals surface area contributed by atoms with Crippen molar-refractivity contribution in [3.8, 4) is 11.9 Å². The first-order valence-electron chi connectivity index (χ1n) is 7.70. The Morgan fingerprint density at radius 2 is 2.00 bits per heavy atom. The van der Waals surface area contributed by atoms with E-state index in [2.05, 4.69) is 11.1 Å². The van der Waals surface area contributed by atoms with Gasteiger partial charge in [0.25, 0.3) is 0 Å². The Kier molecular flexibility index (Phi) is 4.79. The predicted octanol–water partition coefficient (Wildman–Crippen LogP) is 2.88. The number of nitriles is 1. The van der Waals surface area contributed by atoms with E-state index >= 15 is 0 Å². The number of piperidine rings is 1. The summed E-state index contributed by atoms with van der Waals surface area (Å²) in [7, 11) is 1.55. The standard InChI is InChI=1S/C17H23N3O3/c1-16(2,3)23-15(21)20-10-8-17(12-18,9-11-20)13-6-5-7-14(19-13)22-4/h5-7H,8-11H2,1-4H3. The summed E-state index contributed by atoms with van der Waals surface area (Å²) in [6.07, 6.45) is 0.730. The van der Waals surface area contributed by atoms with Crippen LogP contribution in [0.4, 0.5) is 4.79 Å². The Morgan fingerprint density at radius 1 is 1.35 bits per heavy atom. The molecule has 124 valence electrons. The number of carbonyl (C=O) groups is 1. The minimum atomic E-state index is -0.687. The smallest absolute Gasteiger partial charge is 0.410 e. The molecule has 0 N–H and O–H groups in total. The normalized spacial score (nSPS) is 17.3. The molecule has 1 fully saturated rings. The summed E-state index contributed by atoms with van der Waals surface area (Å²) in [5.74, 6) is 0.492. The molecule has 1 aliphatic rings. The van der Waals surface area contributed by atoms with E-state index in [0.717, 1.165) is 0 Å². The van der Waals surface area contributed by atoms with E-state index in [1.54, 1.807) is 18.1 Å². The van der Waals surface area contributed by atoms with Crippen molar-refractivity contribution in [1.29, 1.82) is 5.26 Å². The van der Waals surface area contributed by atoms with Crippen LogP contribution in [-0.4, -0.2) is 41.8 Å². The number of likely N-dealkylation sites (tertiary alicyclic amines) is 1. The second-order valence-corrected chi connectivity index (χ2v) is 6.73. The number of rotatable bonds is 2. The van der Waals surface area contributed by atoms with Gasteiger partial charge in [0.1, 0.15) is 11.0 Å². The lowest BCUT2D eigenvalue weighted by Gasteiger charge is -2.37. The maximum Gasteiger partial charge on any atom is 0.410 e. The number of hydrogen-bond donors (Lipinski definition) is 0. The average Bonchev–Trinajstić information content (AvgIpc) is 2.53. The molecule has 6 nitrogen and oxygen atoms in total. The lowest BCUT2D eigenvalue weighted by molar-refractivity contribution is 0.0183. The number of nitrogens with zero attached hydrogens (tertiary/aromatic N) is 3. The lowest BCUT2D eigenvalue weighted by Crippen LogP contribution is -2.46. The van der Waals surface area contributed by atoms with Crippen LogP contribution in [0.5, 0.6) is 5.88 Å². The van der Waals surface area contributed by atoms with Gasteiger partial charge in [-0.15, -0.1) is 0 Å². The van der Waals surface area contributed by atoms with Crippen molar-refractivity contribution >= 4 is 6.09 Å². The van der Waals surface area contributed by atoms with Gasteiger partial charge < -0.3 is 14.4 Å². The molecule has 0 atom stereocenters. The molecule has 0 saturated carbocycles. The molecule has 2 heterocycles. The number of amides is 1. The second-order valence-electron chi connectivity index (χ2n) is 6.73. The fourth-order valence-corrected chi connectivity index (χ4v) is 2.62. The van der Waals surface area contributed by atoms with Gasteiger partial charge in [-0.2, -0.15) is 5.26 Å². The molecule has 6 heteroatoms. The maximum absolute atomic E-state index is 12.1. The molecule has 1 aliphatic heterocycles. The summed E-state index contributed by atoms with van der Waals surface area (Å²) in [5.41, 5.74) is -0.509. The van der Waals surface area contributed by atoms with Gasteiger partial charge in [-0.3, -0.25) is 0 Å². The third kappa shape index (κ3) is 3.92. The lowest BCUT2D eigenvalue weighted by atomic mass is 9.76. The van der Waals surface area contributed by atoms with E-state index in [0.29, 0.717) is 37.5 Å². The van der Waals surface area contributed by atoms with E-state index < -0.39 is 11.0 Å². The molecular formula is C17H23N3O3. The van der Waals surface area contributed by atoms with Gasteiger partial charge in [0.15, 0.2) is 0 Å². The zero-order valence-corrected chi connectivity index (χ0v) is 14.1. The Balaban J connectivity index is 2.11. The molecular weight excluding hydrogens is 294 g/mol. The predicted molar refractivity (Wildman–Crippen MR) is 85.1 cm³/mol. The molecule has 0 aliphatic carbocycles. The van der Waals surface area contributed by atoms with Gasteiger partial charge in [-0.05, 0) is 39.7 Å². The van der Waals surface area contributed by atoms with Crippen molar-refractivity contribution in [2.45, 2.75) is 44.6 Å². The topological polar surface area (TPSA) is 75.5 Å². The Morgan fingerprint density at radius 3 is 2.52 bits per heavy atom. The first kappa shape index (κ1) is 17.1. The highest BCUT2D eigenvalue weighted by molar-refractivity contribution is 5.68. The van der Waals surface area contributed by atoms with Crippen molar-refractivity contribution in [2.24, 2.45) is 0 Å². The Hall–Kier alpha value is -2.29. The molecule has 1 amide bonds. The number of pyridine rings is 1. The van der Waals surface area contributed by atoms with Crippen molar-refractivity contribution in [2.75, 3.05) is 20.2 Å². The molecule has 1 aromatic heterocycles. The van der Waals surface area contributed by atoms with Crippen LogP contribution < -0.4 is 4.74 Å². The summed E-state index contributed by atoms with van der Waals surface area (Å²) < 4.78 is 10.5. The average molecular weight is 317 g/mol. The molecule has 0 unspecified atom stereocenters. The number of ether oxygens (including phenoxy) is 2. The molecule has 23 heavy (non-hydrogen) atoms. The molecule has 0 aromatic carbocycles. The van der Waals surface area contributed by atoms with Crippen LogP contribution in [0.3, 0.4) is 0 Å².